The van der Waals surface area contributed by atoms with Gasteiger partial charge in [0.15, 0.2) is 0 Å². The average Bonchev–Trinajstić information content (AvgIpc) is 2.52. The van der Waals surface area contributed by atoms with Crippen molar-refractivity contribution in [1.29, 1.82) is 0 Å². The first kappa shape index (κ1) is 16.9. The fraction of sp³-hybridized carbons (Fsp3) is 0.267. The Kier molecular flexibility index (Phi) is 4.95. The Hall–Kier alpha value is -2.48. The van der Waals surface area contributed by atoms with Gasteiger partial charge in [0, 0.05) is 6.20 Å². The molecule has 8 heteroatoms. The first-order chi connectivity index (χ1) is 10.8. The summed E-state index contributed by atoms with van der Waals surface area (Å²) in [5.74, 6) is -0.654. The molecule has 1 unspecified atom stereocenters. The predicted molar refractivity (Wildman–Crippen MR) is 75.5 cm³/mol. The zero-order chi connectivity index (χ0) is 17.0. The van der Waals surface area contributed by atoms with Gasteiger partial charge in [-0.15, -0.1) is 0 Å². The van der Waals surface area contributed by atoms with Crippen molar-refractivity contribution in [2.24, 2.45) is 0 Å². The first-order valence-electron chi connectivity index (χ1n) is 6.69. The molecule has 5 nitrogen and oxygen atoms in total. The predicted octanol–water partition coefficient (Wildman–Crippen LogP) is 2.27. The van der Waals surface area contributed by atoms with E-state index < -0.39 is 30.3 Å². The van der Waals surface area contributed by atoms with Gasteiger partial charge in [0.2, 0.25) is 0 Å². The standard InChI is InChI=1S/C15H14F3N3O2/c1-9-11(6-19-8-20-9)14(23)21-13(7-22)10-4-2-3-5-12(10)15(16,17)18/h2-6,8,13,22H,7H2,1H3,(H,21,23). The Morgan fingerprint density at radius 1 is 1.35 bits per heavy atom. The maximum Gasteiger partial charge on any atom is 0.416 e. The smallest absolute Gasteiger partial charge is 0.394 e. The number of hydrogen-bond donors (Lipinski definition) is 2. The molecule has 1 atom stereocenters. The van der Waals surface area contributed by atoms with Gasteiger partial charge in [0.1, 0.15) is 6.33 Å². The molecule has 0 aliphatic carbocycles. The molecule has 0 saturated carbocycles. The number of aromatic nitrogens is 2. The number of nitrogens with one attached hydrogen (secondary N) is 1. The lowest BCUT2D eigenvalue weighted by atomic mass is 10.00. The Labute approximate surface area is 130 Å². The van der Waals surface area contributed by atoms with Crippen LogP contribution in [0.3, 0.4) is 0 Å². The van der Waals surface area contributed by atoms with Crippen molar-refractivity contribution in [3.8, 4) is 0 Å². The topological polar surface area (TPSA) is 75.1 Å². The van der Waals surface area contributed by atoms with Crippen molar-refractivity contribution in [3.63, 3.8) is 0 Å². The molecule has 0 aliphatic rings. The van der Waals surface area contributed by atoms with Gasteiger partial charge in [-0.1, -0.05) is 18.2 Å². The van der Waals surface area contributed by atoms with Gasteiger partial charge >= 0.3 is 6.18 Å². The number of halogens is 3. The molecule has 2 rings (SSSR count). The zero-order valence-electron chi connectivity index (χ0n) is 12.1. The summed E-state index contributed by atoms with van der Waals surface area (Å²) in [7, 11) is 0. The molecule has 1 heterocycles. The number of aliphatic hydroxyl groups excluding tert-OH is 1. The number of carbonyl (C=O) groups excluding carboxylic acids is 1. The van der Waals surface area contributed by atoms with Crippen LogP contribution in [-0.2, 0) is 6.18 Å². The van der Waals surface area contributed by atoms with Crippen LogP contribution in [0.15, 0.2) is 36.8 Å². The molecule has 2 aromatic rings. The van der Waals surface area contributed by atoms with E-state index in [1.807, 2.05) is 0 Å². The fourth-order valence-corrected chi connectivity index (χ4v) is 2.13. The Morgan fingerprint density at radius 3 is 2.65 bits per heavy atom. The number of aliphatic hydroxyl groups is 1. The van der Waals surface area contributed by atoms with E-state index >= 15 is 0 Å². The van der Waals surface area contributed by atoms with E-state index in [1.165, 1.54) is 30.7 Å². The minimum Gasteiger partial charge on any atom is -0.394 e. The number of amides is 1. The number of aryl methyl sites for hydroxylation is 1. The molecule has 0 aliphatic heterocycles. The third kappa shape index (κ3) is 3.84. The molecule has 1 aromatic heterocycles. The molecular weight excluding hydrogens is 311 g/mol. The van der Waals surface area contributed by atoms with Crippen LogP contribution in [-0.4, -0.2) is 27.6 Å². The van der Waals surface area contributed by atoms with Crippen LogP contribution in [0.5, 0.6) is 0 Å². The SMILES string of the molecule is Cc1ncncc1C(=O)NC(CO)c1ccccc1C(F)(F)F. The molecular formula is C15H14F3N3O2. The van der Waals surface area contributed by atoms with Crippen LogP contribution < -0.4 is 5.32 Å². The van der Waals surface area contributed by atoms with Crippen molar-refractivity contribution in [2.45, 2.75) is 19.1 Å². The minimum absolute atomic E-state index is 0.135. The molecule has 0 saturated heterocycles. The fourth-order valence-electron chi connectivity index (χ4n) is 2.13. The number of nitrogens with zero attached hydrogens (tertiary/aromatic N) is 2. The van der Waals surface area contributed by atoms with E-state index in [0.717, 1.165) is 6.07 Å². The number of alkyl halides is 3. The highest BCUT2D eigenvalue weighted by Gasteiger charge is 2.35. The third-order valence-corrected chi connectivity index (χ3v) is 3.29. The summed E-state index contributed by atoms with van der Waals surface area (Å²) in [5.41, 5.74) is -0.584. The summed E-state index contributed by atoms with van der Waals surface area (Å²) in [6, 6.07) is 3.59. The summed E-state index contributed by atoms with van der Waals surface area (Å²) in [5, 5.41) is 11.8. The van der Waals surface area contributed by atoms with Crippen molar-refractivity contribution in [2.75, 3.05) is 6.61 Å². The van der Waals surface area contributed by atoms with E-state index in [9.17, 15) is 23.1 Å². The summed E-state index contributed by atoms with van der Waals surface area (Å²) in [6.07, 6.45) is -2.06. The van der Waals surface area contributed by atoms with Crippen LogP contribution in [0, 0.1) is 6.92 Å². The zero-order valence-corrected chi connectivity index (χ0v) is 12.1. The van der Waals surface area contributed by atoms with Gasteiger partial charge in [0.25, 0.3) is 5.91 Å². The van der Waals surface area contributed by atoms with Crippen LogP contribution >= 0.6 is 0 Å². The van der Waals surface area contributed by atoms with Crippen LogP contribution in [0.1, 0.15) is 33.2 Å². The Morgan fingerprint density at radius 2 is 2.04 bits per heavy atom. The first-order valence-corrected chi connectivity index (χ1v) is 6.69. The lowest BCUT2D eigenvalue weighted by Gasteiger charge is -2.21. The van der Waals surface area contributed by atoms with E-state index in [0.29, 0.717) is 5.69 Å². The monoisotopic (exact) mass is 325 g/mol. The molecule has 1 aromatic carbocycles. The van der Waals surface area contributed by atoms with Crippen LogP contribution in [0.2, 0.25) is 0 Å². The largest absolute Gasteiger partial charge is 0.416 e. The molecule has 122 valence electrons. The number of hydrogen-bond acceptors (Lipinski definition) is 4. The number of rotatable bonds is 4. The second-order valence-corrected chi connectivity index (χ2v) is 4.82. The quantitative estimate of drug-likeness (QED) is 0.904. The summed E-state index contributed by atoms with van der Waals surface area (Å²) < 4.78 is 39.2. The molecule has 0 fully saturated rings. The van der Waals surface area contributed by atoms with Gasteiger partial charge in [-0.3, -0.25) is 4.79 Å². The summed E-state index contributed by atoms with van der Waals surface area (Å²) >= 11 is 0. The third-order valence-electron chi connectivity index (χ3n) is 3.29. The molecule has 23 heavy (non-hydrogen) atoms. The van der Waals surface area contributed by atoms with Gasteiger partial charge in [0.05, 0.1) is 29.5 Å². The van der Waals surface area contributed by atoms with Crippen LogP contribution in [0.25, 0.3) is 0 Å². The highest BCUT2D eigenvalue weighted by atomic mass is 19.4. The molecule has 0 bridgehead atoms. The Bertz CT molecular complexity index is 704. The average molecular weight is 325 g/mol. The van der Waals surface area contributed by atoms with Gasteiger partial charge in [-0.2, -0.15) is 13.2 Å². The lowest BCUT2D eigenvalue weighted by Crippen LogP contribution is -2.33. The van der Waals surface area contributed by atoms with Crippen molar-refractivity contribution >= 4 is 5.91 Å². The normalized spacial score (nSPS) is 12.7. The molecule has 0 radical (unpaired) electrons. The number of benzene rings is 1. The maximum atomic E-state index is 13.1. The highest BCUT2D eigenvalue weighted by molar-refractivity contribution is 5.95. The lowest BCUT2D eigenvalue weighted by molar-refractivity contribution is -0.138. The highest BCUT2D eigenvalue weighted by Crippen LogP contribution is 2.34. The molecule has 1 amide bonds. The van der Waals surface area contributed by atoms with Crippen molar-refractivity contribution in [1.82, 2.24) is 15.3 Å². The van der Waals surface area contributed by atoms with Crippen molar-refractivity contribution < 1.29 is 23.1 Å². The maximum absolute atomic E-state index is 13.1. The van der Waals surface area contributed by atoms with Gasteiger partial charge in [-0.25, -0.2) is 9.97 Å². The molecule has 2 N–H and O–H groups in total. The Balaban J connectivity index is 2.32. The van der Waals surface area contributed by atoms with Gasteiger partial charge < -0.3 is 10.4 Å². The second kappa shape index (κ2) is 6.74. The summed E-state index contributed by atoms with van der Waals surface area (Å²) in [4.78, 5) is 19.7. The van der Waals surface area contributed by atoms with E-state index in [1.54, 1.807) is 6.92 Å². The second-order valence-electron chi connectivity index (χ2n) is 4.82. The van der Waals surface area contributed by atoms with E-state index in [2.05, 4.69) is 15.3 Å². The molecule has 0 spiro atoms. The number of carbonyl (C=O) groups is 1. The van der Waals surface area contributed by atoms with Crippen molar-refractivity contribution in [3.05, 3.63) is 59.2 Å². The van der Waals surface area contributed by atoms with Crippen LogP contribution in [0.4, 0.5) is 13.2 Å². The minimum atomic E-state index is -4.58. The van der Waals surface area contributed by atoms with E-state index in [4.69, 9.17) is 0 Å². The van der Waals surface area contributed by atoms with Gasteiger partial charge in [-0.05, 0) is 18.6 Å². The summed E-state index contributed by atoms with van der Waals surface area (Å²) in [6.45, 7) is 0.903. The van der Waals surface area contributed by atoms with E-state index in [-0.39, 0.29) is 11.1 Å².